The maximum absolute atomic E-state index is 11.2. The molecular weight excluding hydrogens is 154 g/mol. The normalized spacial score (nSPS) is 24.4. The van der Waals surface area contributed by atoms with Gasteiger partial charge >= 0.3 is 0 Å². The molecule has 0 aromatic heterocycles. The quantitative estimate of drug-likeness (QED) is 0.629. The molecule has 1 aliphatic rings. The van der Waals surface area contributed by atoms with Crippen molar-refractivity contribution < 1.29 is 9.59 Å². The molecular formula is C9H15NO2. The molecule has 1 N–H and O–H groups in total. The lowest BCUT2D eigenvalue weighted by atomic mass is 9.90. The zero-order chi connectivity index (χ0) is 9.14. The van der Waals surface area contributed by atoms with E-state index in [0.717, 1.165) is 12.8 Å². The number of imide groups is 1. The summed E-state index contributed by atoms with van der Waals surface area (Å²) in [6.07, 6.45) is 2.12. The van der Waals surface area contributed by atoms with Gasteiger partial charge in [0, 0.05) is 12.3 Å². The molecule has 1 heterocycles. The van der Waals surface area contributed by atoms with Crippen LogP contribution in [0.15, 0.2) is 0 Å². The van der Waals surface area contributed by atoms with E-state index < -0.39 is 0 Å². The number of hydrogen-bond acceptors (Lipinski definition) is 2. The first-order valence-corrected chi connectivity index (χ1v) is 4.43. The SMILES string of the molecule is CC(C)C[C@H]1CCC(=O)NC1=O. The van der Waals surface area contributed by atoms with Crippen LogP contribution in [0, 0.1) is 11.8 Å². The summed E-state index contributed by atoms with van der Waals surface area (Å²) in [5, 5.41) is 2.36. The van der Waals surface area contributed by atoms with Crippen molar-refractivity contribution >= 4 is 11.8 Å². The van der Waals surface area contributed by atoms with Crippen LogP contribution in [0.4, 0.5) is 0 Å². The van der Waals surface area contributed by atoms with Crippen LogP contribution in [0.3, 0.4) is 0 Å². The van der Waals surface area contributed by atoms with E-state index in [2.05, 4.69) is 19.2 Å². The third kappa shape index (κ3) is 2.32. The molecule has 0 bridgehead atoms. The lowest BCUT2D eigenvalue weighted by Gasteiger charge is -2.21. The van der Waals surface area contributed by atoms with Gasteiger partial charge in [0.1, 0.15) is 0 Å². The van der Waals surface area contributed by atoms with Gasteiger partial charge in [-0.05, 0) is 18.8 Å². The molecule has 0 aromatic carbocycles. The van der Waals surface area contributed by atoms with E-state index in [0.29, 0.717) is 12.3 Å². The van der Waals surface area contributed by atoms with Crippen LogP contribution in [0.2, 0.25) is 0 Å². The highest BCUT2D eigenvalue weighted by atomic mass is 16.2. The molecule has 68 valence electrons. The molecule has 1 fully saturated rings. The molecule has 0 aliphatic carbocycles. The third-order valence-electron chi connectivity index (χ3n) is 2.11. The Morgan fingerprint density at radius 3 is 2.67 bits per heavy atom. The number of amides is 2. The van der Waals surface area contributed by atoms with Crippen molar-refractivity contribution in [3.05, 3.63) is 0 Å². The fourth-order valence-corrected chi connectivity index (χ4v) is 1.53. The standard InChI is InChI=1S/C9H15NO2/c1-6(2)5-7-3-4-8(11)10-9(7)12/h6-7H,3-5H2,1-2H3,(H,10,11,12)/t7-/m1/s1. The van der Waals surface area contributed by atoms with Crippen LogP contribution in [-0.2, 0) is 9.59 Å². The van der Waals surface area contributed by atoms with Crippen molar-refractivity contribution in [2.24, 2.45) is 11.8 Å². The highest BCUT2D eigenvalue weighted by molar-refractivity contribution is 5.98. The molecule has 1 atom stereocenters. The molecule has 3 heteroatoms. The van der Waals surface area contributed by atoms with Crippen molar-refractivity contribution in [1.29, 1.82) is 0 Å². The summed E-state index contributed by atoms with van der Waals surface area (Å²) >= 11 is 0. The Kier molecular flexibility index (Phi) is 2.84. The lowest BCUT2D eigenvalue weighted by Crippen LogP contribution is -2.41. The van der Waals surface area contributed by atoms with Gasteiger partial charge in [-0.15, -0.1) is 0 Å². The number of carbonyl (C=O) groups excluding carboxylic acids is 2. The van der Waals surface area contributed by atoms with E-state index in [1.54, 1.807) is 0 Å². The average Bonchev–Trinajstić information content (AvgIpc) is 1.94. The lowest BCUT2D eigenvalue weighted by molar-refractivity contribution is -0.136. The molecule has 0 saturated carbocycles. The molecule has 0 spiro atoms. The Bertz CT molecular complexity index is 199. The minimum atomic E-state index is -0.125. The Hall–Kier alpha value is -0.860. The fourth-order valence-electron chi connectivity index (χ4n) is 1.53. The van der Waals surface area contributed by atoms with Gasteiger partial charge < -0.3 is 0 Å². The Morgan fingerprint density at radius 1 is 1.50 bits per heavy atom. The van der Waals surface area contributed by atoms with Crippen molar-refractivity contribution in [2.75, 3.05) is 0 Å². The minimum Gasteiger partial charge on any atom is -0.296 e. The van der Waals surface area contributed by atoms with E-state index in [-0.39, 0.29) is 17.7 Å². The number of rotatable bonds is 2. The predicted octanol–water partition coefficient (Wildman–Crippen LogP) is 1.09. The number of hydrogen-bond donors (Lipinski definition) is 1. The molecule has 1 rings (SSSR count). The first kappa shape index (κ1) is 9.23. The second-order valence-electron chi connectivity index (χ2n) is 3.78. The largest absolute Gasteiger partial charge is 0.296 e. The van der Waals surface area contributed by atoms with Crippen molar-refractivity contribution in [3.63, 3.8) is 0 Å². The summed E-state index contributed by atoms with van der Waals surface area (Å²) in [6.45, 7) is 4.17. The van der Waals surface area contributed by atoms with Crippen LogP contribution in [0.1, 0.15) is 33.1 Å². The summed E-state index contributed by atoms with van der Waals surface area (Å²) in [5.41, 5.74) is 0. The highest BCUT2D eigenvalue weighted by Gasteiger charge is 2.26. The molecule has 1 saturated heterocycles. The minimum absolute atomic E-state index is 0.0581. The molecule has 12 heavy (non-hydrogen) atoms. The summed E-state index contributed by atoms with van der Waals surface area (Å²) in [6, 6.07) is 0. The second kappa shape index (κ2) is 3.70. The maximum Gasteiger partial charge on any atom is 0.229 e. The Balaban J connectivity index is 2.45. The zero-order valence-corrected chi connectivity index (χ0v) is 7.59. The fraction of sp³-hybridized carbons (Fsp3) is 0.778. The Labute approximate surface area is 72.5 Å². The average molecular weight is 169 g/mol. The molecule has 1 aliphatic heterocycles. The van der Waals surface area contributed by atoms with E-state index in [4.69, 9.17) is 0 Å². The summed E-state index contributed by atoms with van der Waals surface area (Å²) in [5.74, 6) is 0.372. The number of nitrogens with one attached hydrogen (secondary N) is 1. The van der Waals surface area contributed by atoms with Gasteiger partial charge in [-0.2, -0.15) is 0 Å². The van der Waals surface area contributed by atoms with Gasteiger partial charge in [0.15, 0.2) is 0 Å². The first-order valence-electron chi connectivity index (χ1n) is 4.43. The monoisotopic (exact) mass is 169 g/mol. The van der Waals surface area contributed by atoms with Gasteiger partial charge in [0.2, 0.25) is 11.8 Å². The molecule has 3 nitrogen and oxygen atoms in total. The van der Waals surface area contributed by atoms with E-state index in [9.17, 15) is 9.59 Å². The number of carbonyl (C=O) groups is 2. The van der Waals surface area contributed by atoms with Crippen LogP contribution in [-0.4, -0.2) is 11.8 Å². The van der Waals surface area contributed by atoms with Gasteiger partial charge in [0.05, 0.1) is 0 Å². The summed E-state index contributed by atoms with van der Waals surface area (Å²) < 4.78 is 0. The van der Waals surface area contributed by atoms with Crippen LogP contribution in [0.5, 0.6) is 0 Å². The van der Waals surface area contributed by atoms with E-state index >= 15 is 0 Å². The smallest absolute Gasteiger partial charge is 0.229 e. The predicted molar refractivity (Wildman–Crippen MR) is 45.3 cm³/mol. The van der Waals surface area contributed by atoms with Gasteiger partial charge in [0.25, 0.3) is 0 Å². The van der Waals surface area contributed by atoms with E-state index in [1.807, 2.05) is 0 Å². The molecule has 2 amide bonds. The highest BCUT2D eigenvalue weighted by Crippen LogP contribution is 2.20. The van der Waals surface area contributed by atoms with Gasteiger partial charge in [-0.3, -0.25) is 14.9 Å². The van der Waals surface area contributed by atoms with Crippen LogP contribution >= 0.6 is 0 Å². The van der Waals surface area contributed by atoms with Crippen LogP contribution in [0.25, 0.3) is 0 Å². The molecule has 0 unspecified atom stereocenters. The molecule has 0 radical (unpaired) electrons. The van der Waals surface area contributed by atoms with Crippen LogP contribution < -0.4 is 5.32 Å². The first-order chi connectivity index (χ1) is 5.59. The third-order valence-corrected chi connectivity index (χ3v) is 2.11. The van der Waals surface area contributed by atoms with Crippen molar-refractivity contribution in [1.82, 2.24) is 5.32 Å². The zero-order valence-electron chi connectivity index (χ0n) is 7.59. The van der Waals surface area contributed by atoms with Crippen molar-refractivity contribution in [3.8, 4) is 0 Å². The second-order valence-corrected chi connectivity index (χ2v) is 3.78. The maximum atomic E-state index is 11.2. The topological polar surface area (TPSA) is 46.2 Å². The molecule has 0 aromatic rings. The summed E-state index contributed by atoms with van der Waals surface area (Å²) in [4.78, 5) is 22.0. The summed E-state index contributed by atoms with van der Waals surface area (Å²) in [7, 11) is 0. The number of piperidine rings is 1. The van der Waals surface area contributed by atoms with Crippen molar-refractivity contribution in [2.45, 2.75) is 33.1 Å². The van der Waals surface area contributed by atoms with Gasteiger partial charge in [-0.25, -0.2) is 0 Å². The van der Waals surface area contributed by atoms with Gasteiger partial charge in [-0.1, -0.05) is 13.8 Å². The Morgan fingerprint density at radius 2 is 2.17 bits per heavy atom. The van der Waals surface area contributed by atoms with E-state index in [1.165, 1.54) is 0 Å².